The number of hydrogen-bond donors (Lipinski definition) is 1. The van der Waals surface area contributed by atoms with Crippen molar-refractivity contribution >= 4 is 23.6 Å². The molecule has 0 aromatic heterocycles. The van der Waals surface area contributed by atoms with E-state index >= 15 is 0 Å². The lowest BCUT2D eigenvalue weighted by atomic mass is 10.0. The summed E-state index contributed by atoms with van der Waals surface area (Å²) in [6.07, 6.45) is 0.473. The van der Waals surface area contributed by atoms with E-state index in [9.17, 15) is 9.59 Å². The second-order valence-corrected chi connectivity index (χ2v) is 9.29. The fourth-order valence-electron chi connectivity index (χ4n) is 3.63. The van der Waals surface area contributed by atoms with Crippen molar-refractivity contribution in [1.82, 2.24) is 10.2 Å². The minimum Gasteiger partial charge on any atom is -0.357 e. The first kappa shape index (κ1) is 24.6. The maximum atomic E-state index is 13.4. The average molecular weight is 461 g/mol. The summed E-state index contributed by atoms with van der Waals surface area (Å²) in [7, 11) is 1.63. The van der Waals surface area contributed by atoms with Crippen molar-refractivity contribution in [2.45, 2.75) is 38.6 Å². The number of rotatable bonds is 10. The third kappa shape index (κ3) is 7.50. The molecule has 0 fully saturated rings. The number of carbonyl (C=O) groups is 2. The smallest absolute Gasteiger partial charge is 0.242 e. The molecule has 4 nitrogen and oxygen atoms in total. The molecule has 1 N–H and O–H groups in total. The number of nitrogens with zero attached hydrogens (tertiary/aromatic N) is 1. The Morgan fingerprint density at radius 2 is 1.39 bits per heavy atom. The Morgan fingerprint density at radius 1 is 0.818 bits per heavy atom. The van der Waals surface area contributed by atoms with Gasteiger partial charge >= 0.3 is 0 Å². The van der Waals surface area contributed by atoms with Gasteiger partial charge in [0, 0.05) is 25.8 Å². The van der Waals surface area contributed by atoms with Gasteiger partial charge < -0.3 is 10.2 Å². The van der Waals surface area contributed by atoms with Crippen LogP contribution in [0, 0.1) is 13.8 Å². The van der Waals surface area contributed by atoms with Gasteiger partial charge in [0.25, 0.3) is 0 Å². The third-order valence-corrected chi connectivity index (χ3v) is 6.59. The molecule has 2 amide bonds. The molecule has 0 radical (unpaired) electrons. The van der Waals surface area contributed by atoms with Crippen LogP contribution in [0.25, 0.3) is 0 Å². The van der Waals surface area contributed by atoms with Crippen LogP contribution in [0.1, 0.15) is 27.8 Å². The molecular formula is C28H32N2O2S. The molecule has 0 aliphatic carbocycles. The van der Waals surface area contributed by atoms with Crippen molar-refractivity contribution < 1.29 is 9.59 Å². The molecule has 3 rings (SSSR count). The largest absolute Gasteiger partial charge is 0.357 e. The first-order valence-corrected chi connectivity index (χ1v) is 12.4. The van der Waals surface area contributed by atoms with Gasteiger partial charge in [-0.25, -0.2) is 0 Å². The highest BCUT2D eigenvalue weighted by Crippen LogP contribution is 2.19. The third-order valence-electron chi connectivity index (χ3n) is 5.61. The number of carbonyl (C=O) groups excluding carboxylic acids is 2. The van der Waals surface area contributed by atoms with Crippen molar-refractivity contribution in [1.29, 1.82) is 0 Å². The van der Waals surface area contributed by atoms with Crippen LogP contribution in [0.4, 0.5) is 0 Å². The van der Waals surface area contributed by atoms with Gasteiger partial charge in [0.05, 0.1) is 5.75 Å². The normalized spacial score (nSPS) is 11.6. The number of hydrogen-bond acceptors (Lipinski definition) is 3. The lowest BCUT2D eigenvalue weighted by molar-refractivity contribution is -0.139. The summed E-state index contributed by atoms with van der Waals surface area (Å²) in [6.45, 7) is 4.50. The highest BCUT2D eigenvalue weighted by Gasteiger charge is 2.29. The van der Waals surface area contributed by atoms with Gasteiger partial charge in [0.1, 0.15) is 6.04 Å². The van der Waals surface area contributed by atoms with Gasteiger partial charge in [-0.1, -0.05) is 90.0 Å². The van der Waals surface area contributed by atoms with Crippen molar-refractivity contribution in [3.05, 3.63) is 107 Å². The van der Waals surface area contributed by atoms with Crippen molar-refractivity contribution in [2.24, 2.45) is 0 Å². The first-order valence-electron chi connectivity index (χ1n) is 11.2. The number of aryl methyl sites for hydroxylation is 2. The molecule has 5 heteroatoms. The quantitative estimate of drug-likeness (QED) is 0.467. The van der Waals surface area contributed by atoms with E-state index in [1.165, 1.54) is 11.1 Å². The summed E-state index contributed by atoms with van der Waals surface area (Å²) in [5, 5.41) is 2.76. The standard InChI is InChI=1S/C28H32N2O2S/c1-21-9-13-24(14-10-21)18-30(26(28(32)29-3)17-23-7-5-4-6-8-23)27(31)20-33-19-25-15-11-22(2)12-16-25/h4-16,26H,17-20H2,1-3H3,(H,29,32)/t26-/m1/s1. The van der Waals surface area contributed by atoms with Crippen LogP contribution in [0.3, 0.4) is 0 Å². The Hall–Kier alpha value is -3.05. The molecule has 0 aliphatic heterocycles. The van der Waals surface area contributed by atoms with Crippen LogP contribution >= 0.6 is 11.8 Å². The molecule has 3 aromatic rings. The van der Waals surface area contributed by atoms with E-state index in [0.29, 0.717) is 18.7 Å². The molecule has 0 bridgehead atoms. The molecule has 172 valence electrons. The van der Waals surface area contributed by atoms with E-state index in [4.69, 9.17) is 0 Å². The molecule has 0 aliphatic rings. The van der Waals surface area contributed by atoms with Gasteiger partial charge in [0.15, 0.2) is 0 Å². The fourth-order valence-corrected chi connectivity index (χ4v) is 4.50. The topological polar surface area (TPSA) is 49.4 Å². The predicted molar refractivity (Wildman–Crippen MR) is 137 cm³/mol. The molecule has 1 atom stereocenters. The van der Waals surface area contributed by atoms with Gasteiger partial charge in [-0.3, -0.25) is 9.59 Å². The van der Waals surface area contributed by atoms with Crippen molar-refractivity contribution in [3.63, 3.8) is 0 Å². The van der Waals surface area contributed by atoms with Crippen molar-refractivity contribution in [2.75, 3.05) is 12.8 Å². The maximum Gasteiger partial charge on any atom is 0.242 e. The van der Waals surface area contributed by atoms with E-state index in [-0.39, 0.29) is 11.8 Å². The van der Waals surface area contributed by atoms with Crippen LogP contribution in [0.5, 0.6) is 0 Å². The fraction of sp³-hybridized carbons (Fsp3) is 0.286. The summed E-state index contributed by atoms with van der Waals surface area (Å²) in [6, 6.07) is 25.8. The van der Waals surface area contributed by atoms with Crippen LogP contribution < -0.4 is 5.32 Å². The minimum atomic E-state index is -0.578. The Bertz CT molecular complexity index is 1030. The first-order chi connectivity index (χ1) is 16.0. The van der Waals surface area contributed by atoms with E-state index < -0.39 is 6.04 Å². The van der Waals surface area contributed by atoms with E-state index in [0.717, 1.165) is 22.4 Å². The summed E-state index contributed by atoms with van der Waals surface area (Å²) in [4.78, 5) is 28.1. The van der Waals surface area contributed by atoms with Crippen LogP contribution in [-0.4, -0.2) is 35.6 Å². The SMILES string of the molecule is CNC(=O)[C@@H](Cc1ccccc1)N(Cc1ccc(C)cc1)C(=O)CSCc1ccc(C)cc1. The van der Waals surface area contributed by atoms with Gasteiger partial charge in [-0.15, -0.1) is 11.8 Å². The highest BCUT2D eigenvalue weighted by atomic mass is 32.2. The lowest BCUT2D eigenvalue weighted by Crippen LogP contribution is -2.50. The summed E-state index contributed by atoms with van der Waals surface area (Å²) in [5.41, 5.74) is 5.62. The second-order valence-electron chi connectivity index (χ2n) is 8.31. The zero-order valence-corrected chi connectivity index (χ0v) is 20.4. The maximum absolute atomic E-state index is 13.4. The molecule has 0 unspecified atom stereocenters. The second kappa shape index (κ2) is 12.3. The van der Waals surface area contributed by atoms with Crippen LogP contribution in [-0.2, 0) is 28.3 Å². The summed E-state index contributed by atoms with van der Waals surface area (Å²) < 4.78 is 0. The van der Waals surface area contributed by atoms with Crippen LogP contribution in [0.15, 0.2) is 78.9 Å². The molecule has 0 saturated heterocycles. The van der Waals surface area contributed by atoms with E-state index in [1.807, 2.05) is 61.5 Å². The number of benzene rings is 3. The van der Waals surface area contributed by atoms with Crippen molar-refractivity contribution in [3.8, 4) is 0 Å². The lowest BCUT2D eigenvalue weighted by Gasteiger charge is -2.31. The molecular weight excluding hydrogens is 428 g/mol. The highest BCUT2D eigenvalue weighted by molar-refractivity contribution is 7.99. The monoisotopic (exact) mass is 460 g/mol. The zero-order chi connectivity index (χ0) is 23.6. The predicted octanol–water partition coefficient (Wildman–Crippen LogP) is 4.92. The average Bonchev–Trinajstić information content (AvgIpc) is 2.83. The minimum absolute atomic E-state index is 0.0304. The number of amides is 2. The number of thioether (sulfide) groups is 1. The Kier molecular flexibility index (Phi) is 9.14. The molecule has 0 spiro atoms. The zero-order valence-electron chi connectivity index (χ0n) is 19.6. The van der Waals surface area contributed by atoms with Gasteiger partial charge in [-0.2, -0.15) is 0 Å². The number of nitrogens with one attached hydrogen (secondary N) is 1. The van der Waals surface area contributed by atoms with E-state index in [1.54, 1.807) is 23.7 Å². The summed E-state index contributed by atoms with van der Waals surface area (Å²) >= 11 is 1.58. The molecule has 0 heterocycles. The molecule has 0 saturated carbocycles. The molecule has 33 heavy (non-hydrogen) atoms. The summed E-state index contributed by atoms with van der Waals surface area (Å²) in [5.74, 6) is 0.899. The van der Waals surface area contributed by atoms with Gasteiger partial charge in [0.2, 0.25) is 11.8 Å². The van der Waals surface area contributed by atoms with E-state index in [2.05, 4.69) is 36.5 Å². The Morgan fingerprint density at radius 3 is 1.97 bits per heavy atom. The van der Waals surface area contributed by atoms with Gasteiger partial charge in [-0.05, 0) is 30.5 Å². The Balaban J connectivity index is 1.79. The Labute approximate surface area is 201 Å². The van der Waals surface area contributed by atoms with Crippen LogP contribution in [0.2, 0.25) is 0 Å². The number of likely N-dealkylation sites (N-methyl/N-ethyl adjacent to an activating group) is 1. The molecule has 3 aromatic carbocycles.